The summed E-state index contributed by atoms with van der Waals surface area (Å²) in [6.07, 6.45) is 1.82. The van der Waals surface area contributed by atoms with Crippen LogP contribution in [-0.4, -0.2) is 31.5 Å². The number of hydrogen-bond acceptors (Lipinski definition) is 4. The van der Waals surface area contributed by atoms with Crippen LogP contribution in [0.5, 0.6) is 11.5 Å². The third-order valence-corrected chi connectivity index (χ3v) is 3.24. The molecule has 1 aromatic rings. The maximum absolute atomic E-state index is 5.98. The molecule has 19 heavy (non-hydrogen) atoms. The summed E-state index contributed by atoms with van der Waals surface area (Å²) in [5.74, 6) is 1.57. The third-order valence-electron chi connectivity index (χ3n) is 3.24. The van der Waals surface area contributed by atoms with Gasteiger partial charge in [0.1, 0.15) is 12.2 Å². The fraction of sp³-hybridized carbons (Fsp3) is 0.600. The van der Waals surface area contributed by atoms with Gasteiger partial charge in [-0.3, -0.25) is 0 Å². The first kappa shape index (κ1) is 14.2. The molecule has 4 heteroatoms. The van der Waals surface area contributed by atoms with Gasteiger partial charge in [0.2, 0.25) is 0 Å². The molecule has 0 amide bonds. The van der Waals surface area contributed by atoms with E-state index in [4.69, 9.17) is 19.9 Å². The fourth-order valence-corrected chi connectivity index (χ4v) is 2.20. The number of nitrogens with two attached hydrogens (primary N) is 1. The zero-order valence-electron chi connectivity index (χ0n) is 11.7. The third kappa shape index (κ3) is 3.39. The average Bonchev–Trinajstić information content (AvgIpc) is 2.43. The summed E-state index contributed by atoms with van der Waals surface area (Å²) in [5.41, 5.74) is 5.93. The largest absolute Gasteiger partial charge is 0.490 e. The second-order valence-corrected chi connectivity index (χ2v) is 4.77. The molecule has 4 nitrogen and oxygen atoms in total. The van der Waals surface area contributed by atoms with Crippen molar-refractivity contribution in [2.75, 3.05) is 13.2 Å². The van der Waals surface area contributed by atoms with E-state index in [-0.39, 0.29) is 18.2 Å². The van der Waals surface area contributed by atoms with Gasteiger partial charge in [-0.15, -0.1) is 0 Å². The first-order valence-electron chi connectivity index (χ1n) is 7.02. The SMILES string of the molecule is CCCOc1ccccc1OC1CC(N)C1OCC. The van der Waals surface area contributed by atoms with Crippen LogP contribution in [0.1, 0.15) is 26.7 Å². The Hall–Kier alpha value is -1.26. The molecule has 0 saturated heterocycles. The first-order chi connectivity index (χ1) is 9.26. The lowest BCUT2D eigenvalue weighted by Gasteiger charge is -2.41. The molecule has 106 valence electrons. The summed E-state index contributed by atoms with van der Waals surface area (Å²) in [7, 11) is 0. The van der Waals surface area contributed by atoms with Crippen LogP contribution in [0, 0.1) is 0 Å². The highest BCUT2D eigenvalue weighted by molar-refractivity contribution is 5.39. The highest BCUT2D eigenvalue weighted by atomic mass is 16.6. The van der Waals surface area contributed by atoms with E-state index in [9.17, 15) is 0 Å². The number of para-hydroxylation sites is 2. The van der Waals surface area contributed by atoms with Gasteiger partial charge < -0.3 is 19.9 Å². The molecule has 0 aliphatic heterocycles. The number of rotatable bonds is 7. The highest BCUT2D eigenvalue weighted by Gasteiger charge is 2.41. The van der Waals surface area contributed by atoms with Gasteiger partial charge in [-0.1, -0.05) is 19.1 Å². The van der Waals surface area contributed by atoms with Crippen molar-refractivity contribution in [1.29, 1.82) is 0 Å². The molecule has 0 aromatic heterocycles. The van der Waals surface area contributed by atoms with E-state index in [0.29, 0.717) is 13.2 Å². The second-order valence-electron chi connectivity index (χ2n) is 4.77. The van der Waals surface area contributed by atoms with Crippen LogP contribution in [0.2, 0.25) is 0 Å². The molecule has 1 aliphatic rings. The topological polar surface area (TPSA) is 53.7 Å². The van der Waals surface area contributed by atoms with Crippen LogP contribution in [0.25, 0.3) is 0 Å². The lowest BCUT2D eigenvalue weighted by molar-refractivity contribution is -0.0951. The van der Waals surface area contributed by atoms with E-state index in [1.165, 1.54) is 0 Å². The van der Waals surface area contributed by atoms with Gasteiger partial charge in [-0.25, -0.2) is 0 Å². The van der Waals surface area contributed by atoms with E-state index in [0.717, 1.165) is 24.3 Å². The van der Waals surface area contributed by atoms with Crippen molar-refractivity contribution in [3.8, 4) is 11.5 Å². The molecule has 2 N–H and O–H groups in total. The summed E-state index contributed by atoms with van der Waals surface area (Å²) in [5, 5.41) is 0. The zero-order chi connectivity index (χ0) is 13.7. The van der Waals surface area contributed by atoms with Gasteiger partial charge >= 0.3 is 0 Å². The summed E-state index contributed by atoms with van der Waals surface area (Å²) in [6.45, 7) is 5.41. The second kappa shape index (κ2) is 6.78. The maximum atomic E-state index is 5.98. The standard InChI is InChI=1S/C15H23NO3/c1-3-9-18-12-7-5-6-8-13(12)19-14-10-11(16)15(14)17-4-2/h5-8,11,14-15H,3-4,9-10,16H2,1-2H3. The molecule has 0 radical (unpaired) electrons. The van der Waals surface area contributed by atoms with Crippen LogP contribution < -0.4 is 15.2 Å². The van der Waals surface area contributed by atoms with Crippen LogP contribution in [0.15, 0.2) is 24.3 Å². The summed E-state index contributed by atoms with van der Waals surface area (Å²) in [6, 6.07) is 7.83. The van der Waals surface area contributed by atoms with Crippen molar-refractivity contribution >= 4 is 0 Å². The smallest absolute Gasteiger partial charge is 0.161 e. The molecule has 3 atom stereocenters. The van der Waals surface area contributed by atoms with Gasteiger partial charge in [0.15, 0.2) is 11.5 Å². The van der Waals surface area contributed by atoms with Crippen molar-refractivity contribution in [1.82, 2.24) is 0 Å². The van der Waals surface area contributed by atoms with E-state index in [1.54, 1.807) is 0 Å². The Kier molecular flexibility index (Phi) is 5.05. The predicted octanol–water partition coefficient (Wildman–Crippen LogP) is 2.36. The Morgan fingerprint density at radius 3 is 2.58 bits per heavy atom. The molecule has 2 rings (SSSR count). The van der Waals surface area contributed by atoms with Crippen LogP contribution in [0.3, 0.4) is 0 Å². The highest BCUT2D eigenvalue weighted by Crippen LogP contribution is 2.33. The fourth-order valence-electron chi connectivity index (χ4n) is 2.20. The normalized spacial score (nSPS) is 25.7. The van der Waals surface area contributed by atoms with Crippen molar-refractivity contribution in [2.24, 2.45) is 5.73 Å². The average molecular weight is 265 g/mol. The minimum Gasteiger partial charge on any atom is -0.490 e. The molecule has 1 saturated carbocycles. The van der Waals surface area contributed by atoms with E-state index < -0.39 is 0 Å². The van der Waals surface area contributed by atoms with Gasteiger partial charge in [0.05, 0.1) is 6.61 Å². The lowest BCUT2D eigenvalue weighted by Crippen LogP contribution is -2.59. The predicted molar refractivity (Wildman–Crippen MR) is 74.7 cm³/mol. The molecule has 0 heterocycles. The zero-order valence-corrected chi connectivity index (χ0v) is 11.7. The van der Waals surface area contributed by atoms with E-state index in [2.05, 4.69) is 6.92 Å². The number of hydrogen-bond donors (Lipinski definition) is 1. The van der Waals surface area contributed by atoms with E-state index in [1.807, 2.05) is 31.2 Å². The lowest BCUT2D eigenvalue weighted by atomic mass is 9.86. The van der Waals surface area contributed by atoms with E-state index >= 15 is 0 Å². The Morgan fingerprint density at radius 1 is 1.21 bits per heavy atom. The minimum absolute atomic E-state index is 0.00997. The Labute approximate surface area is 114 Å². The number of benzene rings is 1. The molecular formula is C15H23NO3. The monoisotopic (exact) mass is 265 g/mol. The van der Waals surface area contributed by atoms with Gasteiger partial charge in [-0.05, 0) is 25.5 Å². The minimum atomic E-state index is -0.00997. The van der Waals surface area contributed by atoms with Gasteiger partial charge in [0.25, 0.3) is 0 Å². The Balaban J connectivity index is 1.98. The molecule has 1 aromatic carbocycles. The van der Waals surface area contributed by atoms with Gasteiger partial charge in [-0.2, -0.15) is 0 Å². The van der Waals surface area contributed by atoms with Crippen molar-refractivity contribution in [3.05, 3.63) is 24.3 Å². The molecular weight excluding hydrogens is 242 g/mol. The first-order valence-corrected chi connectivity index (χ1v) is 7.02. The summed E-state index contributed by atoms with van der Waals surface area (Å²) in [4.78, 5) is 0. The van der Waals surface area contributed by atoms with Crippen LogP contribution in [0.4, 0.5) is 0 Å². The van der Waals surface area contributed by atoms with Crippen molar-refractivity contribution < 1.29 is 14.2 Å². The summed E-state index contributed by atoms with van der Waals surface area (Å²) < 4.78 is 17.3. The quantitative estimate of drug-likeness (QED) is 0.822. The Morgan fingerprint density at radius 2 is 1.95 bits per heavy atom. The molecule has 0 bridgehead atoms. The van der Waals surface area contributed by atoms with Crippen LogP contribution in [-0.2, 0) is 4.74 Å². The summed E-state index contributed by atoms with van der Waals surface area (Å²) >= 11 is 0. The molecule has 1 aliphatic carbocycles. The van der Waals surface area contributed by atoms with Crippen molar-refractivity contribution in [3.63, 3.8) is 0 Å². The number of ether oxygens (including phenoxy) is 3. The Bertz CT molecular complexity index is 397. The molecule has 1 fully saturated rings. The van der Waals surface area contributed by atoms with Gasteiger partial charge in [0, 0.05) is 19.1 Å². The van der Waals surface area contributed by atoms with Crippen molar-refractivity contribution in [2.45, 2.75) is 44.9 Å². The molecule has 0 spiro atoms. The van der Waals surface area contributed by atoms with Crippen LogP contribution >= 0.6 is 0 Å². The maximum Gasteiger partial charge on any atom is 0.161 e. The molecule has 3 unspecified atom stereocenters.